The highest BCUT2D eigenvalue weighted by atomic mass is 16.3. The molecule has 94 valence electrons. The van der Waals surface area contributed by atoms with Gasteiger partial charge in [0.1, 0.15) is 5.75 Å². The van der Waals surface area contributed by atoms with Crippen LogP contribution in [0.2, 0.25) is 0 Å². The number of phenolic OH excluding ortho intramolecular Hbond substituents is 1. The third-order valence-corrected chi connectivity index (χ3v) is 2.65. The first kappa shape index (κ1) is 13.8. The van der Waals surface area contributed by atoms with E-state index in [-0.39, 0.29) is 0 Å². The molecule has 0 aliphatic rings. The summed E-state index contributed by atoms with van der Waals surface area (Å²) < 4.78 is 0.929. The first-order chi connectivity index (χ1) is 7.69. The summed E-state index contributed by atoms with van der Waals surface area (Å²) >= 11 is 0. The molecule has 1 aromatic carbocycles. The maximum Gasteiger partial charge on any atom is 0.121 e. The molecule has 0 saturated carbocycles. The number of rotatable bonds is 3. The summed E-state index contributed by atoms with van der Waals surface area (Å²) in [5.41, 5.74) is 4.40. The highest BCUT2D eigenvalue weighted by Gasteiger charge is 2.08. The van der Waals surface area contributed by atoms with Gasteiger partial charge in [0.15, 0.2) is 0 Å². The molecule has 0 amide bonds. The lowest BCUT2D eigenvalue weighted by Crippen LogP contribution is -2.35. The van der Waals surface area contributed by atoms with Gasteiger partial charge in [-0.25, -0.2) is 0 Å². The highest BCUT2D eigenvalue weighted by Crippen LogP contribution is 2.24. The molecule has 1 N–H and O–H groups in total. The molecule has 0 radical (unpaired) electrons. The van der Waals surface area contributed by atoms with Gasteiger partial charge in [-0.1, -0.05) is 6.08 Å². The molecule has 0 aliphatic carbocycles. The summed E-state index contributed by atoms with van der Waals surface area (Å²) in [5, 5.41) is 9.73. The summed E-state index contributed by atoms with van der Waals surface area (Å²) in [6, 6.07) is 4.06. The second-order valence-electron chi connectivity index (χ2n) is 5.94. The van der Waals surface area contributed by atoms with Crippen molar-refractivity contribution in [3.8, 4) is 5.75 Å². The van der Waals surface area contributed by atoms with E-state index in [0.29, 0.717) is 5.75 Å². The van der Waals surface area contributed by atoms with Gasteiger partial charge in [-0.05, 0) is 55.2 Å². The predicted octanol–water partition coefficient (Wildman–Crippen LogP) is 3.12. The summed E-state index contributed by atoms with van der Waals surface area (Å²) in [4.78, 5) is 0. The average Bonchev–Trinajstić information content (AvgIpc) is 2.10. The molecule has 0 fully saturated rings. The van der Waals surface area contributed by atoms with Gasteiger partial charge in [0, 0.05) is 0 Å². The van der Waals surface area contributed by atoms with Gasteiger partial charge < -0.3 is 9.59 Å². The number of likely N-dealkylation sites (N-methyl/N-ethyl adjacent to an activating group) is 1. The number of nitrogens with zero attached hydrogens (tertiary/aromatic N) is 1. The van der Waals surface area contributed by atoms with Gasteiger partial charge in [0.2, 0.25) is 0 Å². The minimum Gasteiger partial charge on any atom is -0.507 e. The number of aryl methyl sites for hydroxylation is 2. The minimum atomic E-state index is 0.409. The van der Waals surface area contributed by atoms with Crippen LogP contribution in [0.5, 0.6) is 5.75 Å². The lowest BCUT2D eigenvalue weighted by molar-refractivity contribution is -0.865. The summed E-state index contributed by atoms with van der Waals surface area (Å²) in [5.74, 6) is 0.409. The lowest BCUT2D eigenvalue weighted by Gasteiger charge is -2.24. The van der Waals surface area contributed by atoms with Crippen LogP contribution in [-0.4, -0.2) is 37.3 Å². The normalized spacial score (nSPS) is 12.9. The van der Waals surface area contributed by atoms with E-state index in [1.165, 1.54) is 11.1 Å². The second-order valence-corrected chi connectivity index (χ2v) is 5.94. The Balaban J connectivity index is 2.99. The zero-order chi connectivity index (χ0) is 13.2. The number of hydrogen-bond acceptors (Lipinski definition) is 1. The van der Waals surface area contributed by atoms with Gasteiger partial charge in [0.05, 0.1) is 27.7 Å². The number of quaternary nitrogens is 1. The Hall–Kier alpha value is -1.28. The third kappa shape index (κ3) is 4.23. The Morgan fingerprint density at radius 3 is 2.06 bits per heavy atom. The molecular weight excluding hydrogens is 210 g/mol. The van der Waals surface area contributed by atoms with Crippen LogP contribution in [0.3, 0.4) is 0 Å². The van der Waals surface area contributed by atoms with Crippen molar-refractivity contribution < 1.29 is 9.59 Å². The van der Waals surface area contributed by atoms with E-state index in [1.807, 2.05) is 26.0 Å². The third-order valence-electron chi connectivity index (χ3n) is 2.65. The molecule has 0 bridgehead atoms. The molecule has 0 saturated heterocycles. The van der Waals surface area contributed by atoms with Crippen molar-refractivity contribution in [1.29, 1.82) is 0 Å². The van der Waals surface area contributed by atoms with E-state index in [9.17, 15) is 5.11 Å². The van der Waals surface area contributed by atoms with Crippen molar-refractivity contribution in [2.45, 2.75) is 20.8 Å². The van der Waals surface area contributed by atoms with Crippen LogP contribution >= 0.6 is 0 Å². The van der Waals surface area contributed by atoms with Crippen LogP contribution in [-0.2, 0) is 0 Å². The van der Waals surface area contributed by atoms with E-state index < -0.39 is 0 Å². The van der Waals surface area contributed by atoms with Crippen LogP contribution in [0, 0.1) is 13.8 Å². The quantitative estimate of drug-likeness (QED) is 0.797. The van der Waals surface area contributed by atoms with Crippen molar-refractivity contribution >= 4 is 6.08 Å². The maximum absolute atomic E-state index is 9.73. The van der Waals surface area contributed by atoms with Crippen LogP contribution in [0.15, 0.2) is 17.7 Å². The Kier molecular flexibility index (Phi) is 3.99. The molecule has 2 heteroatoms. The average molecular weight is 234 g/mol. The van der Waals surface area contributed by atoms with E-state index in [4.69, 9.17) is 0 Å². The van der Waals surface area contributed by atoms with Gasteiger partial charge in [-0.2, -0.15) is 0 Å². The molecule has 2 nitrogen and oxygen atoms in total. The monoisotopic (exact) mass is 234 g/mol. The zero-order valence-electron chi connectivity index (χ0n) is 11.8. The molecule has 0 unspecified atom stereocenters. The first-order valence-electron chi connectivity index (χ1n) is 5.97. The van der Waals surface area contributed by atoms with Gasteiger partial charge in [0.25, 0.3) is 0 Å². The molecule has 0 heterocycles. The maximum atomic E-state index is 9.73. The van der Waals surface area contributed by atoms with Crippen LogP contribution in [0.1, 0.15) is 23.6 Å². The Morgan fingerprint density at radius 1 is 1.18 bits per heavy atom. The molecule has 0 atom stereocenters. The van der Waals surface area contributed by atoms with Crippen molar-refractivity contribution in [2.75, 3.05) is 27.7 Å². The second kappa shape index (κ2) is 4.92. The van der Waals surface area contributed by atoms with E-state index >= 15 is 0 Å². The van der Waals surface area contributed by atoms with Crippen LogP contribution < -0.4 is 0 Å². The summed E-state index contributed by atoms with van der Waals surface area (Å²) in [6.07, 6.45) is 2.20. The largest absolute Gasteiger partial charge is 0.507 e. The standard InChI is InChI=1S/C15H23NO/c1-11(10-16(4,5)6)7-14-8-12(2)15(17)13(3)9-14/h7-9H,10H2,1-6H3/p+1/b11-7-. The molecule has 0 spiro atoms. The fourth-order valence-electron chi connectivity index (χ4n) is 2.15. The van der Waals surface area contributed by atoms with Crippen LogP contribution in [0.4, 0.5) is 0 Å². The molecule has 1 rings (SSSR count). The lowest BCUT2D eigenvalue weighted by atomic mass is 10.0. The summed E-state index contributed by atoms with van der Waals surface area (Å²) in [6.45, 7) is 7.06. The Bertz CT molecular complexity index is 416. The molecule has 0 aromatic heterocycles. The van der Waals surface area contributed by atoms with E-state index in [2.05, 4.69) is 34.1 Å². The highest BCUT2D eigenvalue weighted by molar-refractivity contribution is 5.57. The van der Waals surface area contributed by atoms with Crippen molar-refractivity contribution in [3.63, 3.8) is 0 Å². The number of hydrogen-bond donors (Lipinski definition) is 1. The smallest absolute Gasteiger partial charge is 0.121 e. The first-order valence-corrected chi connectivity index (χ1v) is 5.97. The minimum absolute atomic E-state index is 0.409. The van der Waals surface area contributed by atoms with Crippen molar-refractivity contribution in [3.05, 3.63) is 34.4 Å². The van der Waals surface area contributed by atoms with Gasteiger partial charge >= 0.3 is 0 Å². The van der Waals surface area contributed by atoms with Crippen LogP contribution in [0.25, 0.3) is 6.08 Å². The van der Waals surface area contributed by atoms with Crippen molar-refractivity contribution in [1.82, 2.24) is 0 Å². The zero-order valence-corrected chi connectivity index (χ0v) is 11.8. The fraction of sp³-hybridized carbons (Fsp3) is 0.467. The predicted molar refractivity (Wildman–Crippen MR) is 74.1 cm³/mol. The molecule has 1 aromatic rings. The van der Waals surface area contributed by atoms with Gasteiger partial charge in [-0.15, -0.1) is 0 Å². The number of benzene rings is 1. The molecular formula is C15H24NO+. The van der Waals surface area contributed by atoms with E-state index in [1.54, 1.807) is 0 Å². The molecule has 17 heavy (non-hydrogen) atoms. The van der Waals surface area contributed by atoms with Gasteiger partial charge in [-0.3, -0.25) is 0 Å². The summed E-state index contributed by atoms with van der Waals surface area (Å²) in [7, 11) is 6.56. The Morgan fingerprint density at radius 2 is 1.65 bits per heavy atom. The topological polar surface area (TPSA) is 20.2 Å². The van der Waals surface area contributed by atoms with Crippen molar-refractivity contribution in [2.24, 2.45) is 0 Å². The van der Waals surface area contributed by atoms with E-state index in [0.717, 1.165) is 22.2 Å². The fourth-order valence-corrected chi connectivity index (χ4v) is 2.15. The number of phenols is 1. The SMILES string of the molecule is C/C(=C/c1cc(C)c(O)c(C)c1)C[N+](C)(C)C. The Labute approximate surface area is 105 Å². The molecule has 0 aliphatic heterocycles. The number of aromatic hydroxyl groups is 1.